The highest BCUT2D eigenvalue weighted by molar-refractivity contribution is 5.87. The van der Waals surface area contributed by atoms with E-state index in [4.69, 9.17) is 5.73 Å². The lowest BCUT2D eigenvalue weighted by atomic mass is 9.81. The van der Waals surface area contributed by atoms with Crippen molar-refractivity contribution in [1.82, 2.24) is 25.2 Å². The van der Waals surface area contributed by atoms with Gasteiger partial charge >= 0.3 is 0 Å². The summed E-state index contributed by atoms with van der Waals surface area (Å²) in [4.78, 5) is 17.2. The maximum atomic E-state index is 6.85. The van der Waals surface area contributed by atoms with Gasteiger partial charge in [-0.3, -0.25) is 0 Å². The molecular formula is C26H43N7. The van der Waals surface area contributed by atoms with Crippen LogP contribution in [0.3, 0.4) is 0 Å². The molecule has 33 heavy (non-hydrogen) atoms. The highest BCUT2D eigenvalue weighted by Crippen LogP contribution is 2.32. The largest absolute Gasteiger partial charge is 0.356 e. The average Bonchev–Trinajstić information content (AvgIpc) is 3.30. The van der Waals surface area contributed by atoms with E-state index in [1.165, 1.54) is 58.2 Å². The summed E-state index contributed by atoms with van der Waals surface area (Å²) in [5.74, 6) is 1.92. The van der Waals surface area contributed by atoms with Crippen LogP contribution in [0.15, 0.2) is 18.6 Å². The number of nitrogens with two attached hydrogens (primary N) is 1. The minimum Gasteiger partial charge on any atom is -0.356 e. The molecule has 3 fully saturated rings. The summed E-state index contributed by atoms with van der Waals surface area (Å²) in [6.07, 6.45) is 13.6. The number of rotatable bonds is 6. The molecule has 3 aliphatic rings. The van der Waals surface area contributed by atoms with Crippen molar-refractivity contribution in [2.24, 2.45) is 17.1 Å². The molecule has 2 aliphatic heterocycles. The van der Waals surface area contributed by atoms with Crippen molar-refractivity contribution in [3.8, 4) is 0 Å². The third-order valence-corrected chi connectivity index (χ3v) is 8.71. The van der Waals surface area contributed by atoms with Gasteiger partial charge in [0.15, 0.2) is 0 Å². The maximum Gasteiger partial charge on any atom is 0.142 e. The van der Waals surface area contributed by atoms with Gasteiger partial charge in [-0.05, 0) is 81.9 Å². The van der Waals surface area contributed by atoms with Gasteiger partial charge in [-0.1, -0.05) is 13.8 Å². The first-order valence-corrected chi connectivity index (χ1v) is 13.2. The van der Waals surface area contributed by atoms with E-state index in [1.807, 2.05) is 6.20 Å². The van der Waals surface area contributed by atoms with Crippen molar-refractivity contribution >= 4 is 16.9 Å². The summed E-state index contributed by atoms with van der Waals surface area (Å²) >= 11 is 0. The van der Waals surface area contributed by atoms with Crippen molar-refractivity contribution < 1.29 is 0 Å². The molecule has 0 atom stereocenters. The fraction of sp³-hybridized carbons (Fsp3) is 0.769. The third kappa shape index (κ3) is 5.52. The van der Waals surface area contributed by atoms with Crippen LogP contribution in [0.4, 0.5) is 5.82 Å². The molecule has 7 nitrogen and oxygen atoms in total. The van der Waals surface area contributed by atoms with Crippen molar-refractivity contribution in [1.29, 1.82) is 0 Å². The van der Waals surface area contributed by atoms with Crippen LogP contribution in [0.5, 0.6) is 0 Å². The Morgan fingerprint density at radius 2 is 1.76 bits per heavy atom. The Hall–Kier alpha value is -1.70. The third-order valence-electron chi connectivity index (χ3n) is 8.71. The van der Waals surface area contributed by atoms with E-state index < -0.39 is 0 Å². The smallest absolute Gasteiger partial charge is 0.142 e. The van der Waals surface area contributed by atoms with Crippen LogP contribution in [-0.4, -0.2) is 70.7 Å². The Balaban J connectivity index is 1.04. The number of H-pyrrole nitrogens is 1. The molecule has 0 bridgehead atoms. The van der Waals surface area contributed by atoms with Crippen molar-refractivity contribution in [2.75, 3.05) is 44.2 Å². The summed E-state index contributed by atoms with van der Waals surface area (Å²) in [6.45, 7) is 11.6. The molecule has 0 aromatic carbocycles. The number of nitrogens with zero attached hydrogens (tertiary/aromatic N) is 4. The summed E-state index contributed by atoms with van der Waals surface area (Å²) in [5.41, 5.74) is 8.19. The highest BCUT2D eigenvalue weighted by Gasteiger charge is 2.33. The zero-order chi connectivity index (χ0) is 22.9. The van der Waals surface area contributed by atoms with Crippen molar-refractivity contribution in [3.05, 3.63) is 18.6 Å². The Bertz CT molecular complexity index is 896. The molecule has 5 rings (SSSR count). The summed E-state index contributed by atoms with van der Waals surface area (Å²) < 4.78 is 0. The molecule has 7 heteroatoms. The van der Waals surface area contributed by atoms with Crippen molar-refractivity contribution in [2.45, 2.75) is 76.8 Å². The number of piperidine rings is 2. The lowest BCUT2D eigenvalue weighted by molar-refractivity contribution is 0.105. The second kappa shape index (κ2) is 9.51. The molecule has 2 saturated heterocycles. The molecule has 1 aliphatic carbocycles. The van der Waals surface area contributed by atoms with Gasteiger partial charge in [0, 0.05) is 44.0 Å². The number of aromatic amines is 1. The van der Waals surface area contributed by atoms with Gasteiger partial charge in [0.1, 0.15) is 17.8 Å². The molecule has 0 radical (unpaired) electrons. The fourth-order valence-corrected chi connectivity index (χ4v) is 6.05. The molecule has 0 unspecified atom stereocenters. The average molecular weight is 454 g/mol. The van der Waals surface area contributed by atoms with Crippen LogP contribution in [-0.2, 0) is 0 Å². The lowest BCUT2D eigenvalue weighted by Gasteiger charge is -2.42. The number of anilines is 1. The van der Waals surface area contributed by atoms with Crippen LogP contribution in [0, 0.1) is 11.3 Å². The zero-order valence-corrected chi connectivity index (χ0v) is 20.7. The van der Waals surface area contributed by atoms with Gasteiger partial charge in [-0.15, -0.1) is 0 Å². The van der Waals surface area contributed by atoms with Gasteiger partial charge in [0.25, 0.3) is 0 Å². The maximum absolute atomic E-state index is 6.85. The lowest BCUT2D eigenvalue weighted by Crippen LogP contribution is -2.57. The summed E-state index contributed by atoms with van der Waals surface area (Å²) in [7, 11) is 0. The number of likely N-dealkylation sites (tertiary alicyclic amines) is 1. The predicted octanol–water partition coefficient (Wildman–Crippen LogP) is 3.53. The minimum absolute atomic E-state index is 0.113. The molecule has 4 heterocycles. The van der Waals surface area contributed by atoms with Gasteiger partial charge in [0.05, 0.1) is 5.39 Å². The molecule has 1 saturated carbocycles. The topological polar surface area (TPSA) is 86.1 Å². The van der Waals surface area contributed by atoms with Gasteiger partial charge in [-0.25, -0.2) is 9.97 Å². The fourth-order valence-electron chi connectivity index (χ4n) is 6.05. The molecule has 0 spiro atoms. The van der Waals surface area contributed by atoms with Gasteiger partial charge < -0.3 is 25.8 Å². The van der Waals surface area contributed by atoms with E-state index in [2.05, 4.69) is 50.0 Å². The molecule has 2 aromatic rings. The number of hydrogen-bond acceptors (Lipinski definition) is 6. The van der Waals surface area contributed by atoms with Crippen LogP contribution in [0.1, 0.15) is 65.2 Å². The summed E-state index contributed by atoms with van der Waals surface area (Å²) in [5, 5.41) is 4.96. The number of aromatic nitrogens is 3. The van der Waals surface area contributed by atoms with E-state index in [1.54, 1.807) is 6.33 Å². The van der Waals surface area contributed by atoms with Crippen LogP contribution in [0.2, 0.25) is 0 Å². The molecule has 182 valence electrons. The molecule has 4 N–H and O–H groups in total. The monoisotopic (exact) mass is 453 g/mol. The van der Waals surface area contributed by atoms with Gasteiger partial charge in [0.2, 0.25) is 0 Å². The van der Waals surface area contributed by atoms with E-state index in [0.29, 0.717) is 11.5 Å². The Morgan fingerprint density at radius 1 is 1.03 bits per heavy atom. The first kappa shape index (κ1) is 23.1. The van der Waals surface area contributed by atoms with E-state index in [-0.39, 0.29) is 5.54 Å². The molecule has 2 aromatic heterocycles. The van der Waals surface area contributed by atoms with Crippen LogP contribution >= 0.6 is 0 Å². The zero-order valence-electron chi connectivity index (χ0n) is 20.7. The Labute approximate surface area is 198 Å². The van der Waals surface area contributed by atoms with Crippen LogP contribution < -0.4 is 16.0 Å². The Morgan fingerprint density at radius 3 is 2.48 bits per heavy atom. The van der Waals surface area contributed by atoms with E-state index >= 15 is 0 Å². The minimum atomic E-state index is -0.113. The number of fused-ring (bicyclic) bond motifs is 1. The van der Waals surface area contributed by atoms with E-state index in [0.717, 1.165) is 55.2 Å². The first-order chi connectivity index (χ1) is 15.9. The number of hydrogen-bond donors (Lipinski definition) is 3. The second-order valence-electron chi connectivity index (χ2n) is 11.9. The van der Waals surface area contributed by atoms with Crippen molar-refractivity contribution in [3.63, 3.8) is 0 Å². The summed E-state index contributed by atoms with van der Waals surface area (Å²) in [6, 6.07) is 2.71. The second-order valence-corrected chi connectivity index (χ2v) is 11.9. The normalized spacial score (nSPS) is 28.3. The molecule has 0 amide bonds. The molecular weight excluding hydrogens is 410 g/mol. The van der Waals surface area contributed by atoms with Crippen LogP contribution in [0.25, 0.3) is 11.0 Å². The highest BCUT2D eigenvalue weighted by atomic mass is 15.2. The van der Waals surface area contributed by atoms with Gasteiger partial charge in [-0.2, -0.15) is 0 Å². The van der Waals surface area contributed by atoms with E-state index in [9.17, 15) is 0 Å². The predicted molar refractivity (Wildman–Crippen MR) is 135 cm³/mol. The number of nitrogens with one attached hydrogen (secondary N) is 2. The SMILES string of the molecule is CC1(C)CCN(CC2CCC(NCC3(N)CCN(c4ncnc5[nH]ccc45)CC3)CC2)CC1. The first-order valence-electron chi connectivity index (χ1n) is 13.2. The standard InChI is InChI=1S/C26H43N7/c1-25(2)8-13-32(14-9-25)17-20-3-5-21(6-4-20)29-18-26(27)10-15-33(16-11-26)24-22-7-12-28-23(22)30-19-31-24/h7,12,19-21,29H,3-6,8-11,13-18,27H2,1-2H3,(H,28,30,31). The Kier molecular flexibility index (Phi) is 6.65. The quantitative estimate of drug-likeness (QED) is 0.620.